The molecule has 0 aromatic heterocycles. The van der Waals surface area contributed by atoms with Gasteiger partial charge in [-0.3, -0.25) is 39.4 Å². The molecule has 10 rings (SSSR count). The van der Waals surface area contributed by atoms with Crippen molar-refractivity contribution in [1.29, 1.82) is 0 Å². The van der Waals surface area contributed by atoms with Crippen LogP contribution in [-0.4, -0.2) is 185 Å². The zero-order valence-electron chi connectivity index (χ0n) is 59.6. The van der Waals surface area contributed by atoms with Crippen molar-refractivity contribution in [3.05, 3.63) is 129 Å². The molecule has 4 fully saturated rings. The summed E-state index contributed by atoms with van der Waals surface area (Å²) >= 11 is 0. The van der Waals surface area contributed by atoms with E-state index in [0.717, 1.165) is 74.2 Å². The summed E-state index contributed by atoms with van der Waals surface area (Å²) in [6.07, 6.45) is 0.461. The van der Waals surface area contributed by atoms with E-state index in [1.165, 1.54) is 23.1 Å². The number of nitrogens with zero attached hydrogens (tertiary/aromatic N) is 7. The van der Waals surface area contributed by atoms with Crippen LogP contribution in [0.25, 0.3) is 0 Å². The number of hydrogen-bond donors (Lipinski definition) is 5. The van der Waals surface area contributed by atoms with Crippen LogP contribution in [0.5, 0.6) is 0 Å². The summed E-state index contributed by atoms with van der Waals surface area (Å²) < 4.78 is 28.5. The van der Waals surface area contributed by atoms with Gasteiger partial charge in [-0.25, -0.2) is 14.4 Å². The van der Waals surface area contributed by atoms with Crippen molar-refractivity contribution in [2.45, 2.75) is 136 Å². The van der Waals surface area contributed by atoms with Crippen molar-refractivity contribution in [3.8, 4) is 0 Å². The SMILES string of the molecule is CC(C)(C)OC(=O)N1CCC(c2ccccc2[N+](=O)[O-])C(CC(=O)O)C1.CC(C)(C)OC(=O)N1CCN2c3ccccc3NC(=O)CC2C1.CC1CN(C(=O)OC(C)(C)C)CCN1.O=C1CC2CNCCN2c2ccccc2N1.O=C=O.O=CO[O-].O=[N+]([O-])c1ccccc1F.[H+].[H-].[K+].[K+]. The van der Waals surface area contributed by atoms with Crippen LogP contribution in [0.3, 0.4) is 0 Å². The minimum absolute atomic E-state index is 0. The first-order valence-corrected chi connectivity index (χ1v) is 30.9. The Hall–Kier alpha value is -6.57. The Morgan fingerprint density at radius 2 is 1.09 bits per heavy atom. The first-order valence-electron chi connectivity index (χ1n) is 30.9. The number of amides is 5. The van der Waals surface area contributed by atoms with E-state index in [9.17, 15) is 58.5 Å². The molecule has 526 valence electrons. The van der Waals surface area contributed by atoms with E-state index >= 15 is 0 Å². The Balaban J connectivity index is 0.00000122. The van der Waals surface area contributed by atoms with Crippen molar-refractivity contribution in [2.75, 3.05) is 92.4 Å². The summed E-state index contributed by atoms with van der Waals surface area (Å²) in [4.78, 5) is 129. The van der Waals surface area contributed by atoms with Gasteiger partial charge in [0.15, 0.2) is 0 Å². The van der Waals surface area contributed by atoms with E-state index < -0.39 is 56.1 Å². The number of nitro groups is 2. The quantitative estimate of drug-likeness (QED) is 0.0458. The normalized spacial score (nSPS) is 18.9. The third kappa shape index (κ3) is 30.1. The number of carboxylic acid groups (broad SMARTS) is 1. The number of fused-ring (bicyclic) bond motifs is 6. The monoisotopic (exact) mass is 1420 g/mol. The van der Waals surface area contributed by atoms with Crippen LogP contribution in [0.1, 0.15) is 109 Å². The van der Waals surface area contributed by atoms with Crippen LogP contribution in [0.2, 0.25) is 0 Å². The number of halogens is 1. The maximum atomic E-state index is 12.4. The van der Waals surface area contributed by atoms with Crippen molar-refractivity contribution in [1.82, 2.24) is 25.3 Å². The van der Waals surface area contributed by atoms with E-state index in [0.29, 0.717) is 57.0 Å². The fourth-order valence-corrected chi connectivity index (χ4v) is 10.9. The summed E-state index contributed by atoms with van der Waals surface area (Å²) in [6.45, 7) is 25.9. The zero-order chi connectivity index (χ0) is 71.5. The molecule has 5 atom stereocenters. The largest absolute Gasteiger partial charge is 1.00 e. The van der Waals surface area contributed by atoms with Crippen LogP contribution < -0.4 is 139 Å². The molecule has 5 N–H and O–H groups in total. The first-order chi connectivity index (χ1) is 45.2. The number of carbonyl (C=O) groups is 7. The Morgan fingerprint density at radius 3 is 1.55 bits per heavy atom. The number of carbonyl (C=O) groups excluding carboxylic acids is 8. The Bertz CT molecular complexity index is 3340. The van der Waals surface area contributed by atoms with Crippen LogP contribution >= 0.6 is 0 Å². The number of aliphatic carboxylic acids is 1. The number of ether oxygens (including phenoxy) is 3. The summed E-state index contributed by atoms with van der Waals surface area (Å²) in [5.74, 6) is -2.42. The smallest absolute Gasteiger partial charge is 1.00 e. The number of rotatable bonds is 6. The third-order valence-corrected chi connectivity index (χ3v) is 14.8. The molecule has 6 heterocycles. The molecule has 30 nitrogen and oxygen atoms in total. The van der Waals surface area contributed by atoms with Crippen molar-refractivity contribution in [2.24, 2.45) is 5.92 Å². The number of likely N-dealkylation sites (tertiary alicyclic amines) is 1. The van der Waals surface area contributed by atoms with E-state index in [4.69, 9.17) is 33.9 Å². The maximum absolute atomic E-state index is 12.4. The molecule has 5 amide bonds. The molecule has 0 saturated carbocycles. The van der Waals surface area contributed by atoms with Gasteiger partial charge in [0, 0.05) is 109 Å². The second kappa shape index (κ2) is 42.5. The van der Waals surface area contributed by atoms with Crippen LogP contribution in [-0.2, 0) is 47.9 Å². The molecule has 0 bridgehead atoms. The second-order valence-electron chi connectivity index (χ2n) is 25.6. The van der Waals surface area contributed by atoms with Gasteiger partial charge >= 0.3 is 140 Å². The molecule has 5 unspecified atom stereocenters. The molecule has 0 radical (unpaired) electrons. The molecule has 0 aliphatic carbocycles. The number of anilines is 4. The summed E-state index contributed by atoms with van der Waals surface area (Å²) in [6, 6.07) is 27.8. The molecule has 0 spiro atoms. The Labute approximate surface area is 656 Å². The summed E-state index contributed by atoms with van der Waals surface area (Å²) in [5, 5.41) is 51.5. The first kappa shape index (κ1) is 87.5. The topological polar surface area (TPSA) is 384 Å². The van der Waals surface area contributed by atoms with Crippen molar-refractivity contribution < 1.29 is 192 Å². The minimum Gasteiger partial charge on any atom is -1.00 e. The molecule has 4 aromatic carbocycles. The number of nitro benzene ring substituents is 2. The third-order valence-electron chi connectivity index (χ3n) is 14.8. The van der Waals surface area contributed by atoms with Crippen molar-refractivity contribution >= 4 is 82.8 Å². The van der Waals surface area contributed by atoms with Crippen molar-refractivity contribution in [3.63, 3.8) is 0 Å². The van der Waals surface area contributed by atoms with Gasteiger partial charge in [0.1, 0.15) is 16.8 Å². The average Bonchev–Trinajstić information content (AvgIpc) is 1.42. The van der Waals surface area contributed by atoms with E-state index in [1.54, 1.807) is 48.8 Å². The number of piperazine rings is 3. The van der Waals surface area contributed by atoms with Crippen LogP contribution in [0, 0.1) is 32.0 Å². The molecule has 6 aliphatic heterocycles. The molecular weight excluding hydrogens is 1340 g/mol. The van der Waals surface area contributed by atoms with Gasteiger partial charge in [-0.2, -0.15) is 14.0 Å². The fourth-order valence-electron chi connectivity index (χ4n) is 10.9. The number of benzene rings is 4. The average molecular weight is 1430 g/mol. The van der Waals surface area contributed by atoms with Gasteiger partial charge < -0.3 is 76.7 Å². The van der Waals surface area contributed by atoms with Gasteiger partial charge in [0.2, 0.25) is 17.6 Å². The number of hydrogen-bond acceptors (Lipinski definition) is 22. The number of piperidine rings is 1. The van der Waals surface area contributed by atoms with E-state index in [2.05, 4.69) is 48.9 Å². The zero-order valence-corrected chi connectivity index (χ0v) is 63.9. The Morgan fingerprint density at radius 1 is 0.653 bits per heavy atom. The predicted molar refractivity (Wildman–Crippen MR) is 349 cm³/mol. The number of para-hydroxylation sites is 6. The van der Waals surface area contributed by atoms with Gasteiger partial charge in [-0.05, 0) is 118 Å². The molecule has 6 aliphatic rings. The van der Waals surface area contributed by atoms with Gasteiger partial charge in [0.05, 0.1) is 51.1 Å². The van der Waals surface area contributed by atoms with Crippen LogP contribution in [0.15, 0.2) is 97.1 Å². The maximum Gasteiger partial charge on any atom is 1.00 e. The molecule has 4 aromatic rings. The summed E-state index contributed by atoms with van der Waals surface area (Å²) in [5.41, 5.74) is 2.42. The van der Waals surface area contributed by atoms with E-state index in [1.807, 2.05) is 84.0 Å². The van der Waals surface area contributed by atoms with E-state index in [-0.39, 0.29) is 179 Å². The Kier molecular flexibility index (Phi) is 38.0. The molecule has 98 heavy (non-hydrogen) atoms. The number of carboxylic acids is 1. The summed E-state index contributed by atoms with van der Waals surface area (Å²) in [7, 11) is 0. The van der Waals surface area contributed by atoms with Gasteiger partial charge in [-0.1, -0.05) is 54.6 Å². The fraction of sp³-hybridized carbons (Fsp3) is 0.508. The predicted octanol–water partition coefficient (Wildman–Crippen LogP) is 1.70. The van der Waals surface area contributed by atoms with Crippen LogP contribution in [0.4, 0.5) is 52.9 Å². The molecular formula is C65H89FK2N11O19+. The standard InChI is InChI=1S/C18H24N2O6.C17H23N3O3.C12H15N3O.C10H20N2O2.C6H4FNO2.CH2O3.CO2.2K.H/c1-18(2,3)26-17(23)19-9-8-13(12(11-19)10-16(21)22)14-6-4-5-7-15(14)20(24)25;1-17(2,3)23-16(22)19-8-9-20-12(11-19)10-15(21)18-13-6-4-5-7-14(13)20;16-12-7-9-8-13-5-6-15(9)11-4-2-1-3-10(11)14-12;1-8-7-12(6-5-11-8)9(13)14-10(2,3)4;7-5-3-1-2-4-6(5)8(9)10;2-1-4-3;2-1-3;;;/h4-7,12-13H,8-11H2,1-3H3,(H,21,22);4-7,12H,8-11H2,1-3H3,(H,18,21);1-4,9,13H,5-8H2,(H,14,16);8,11H,5-7H2,1-4H3;1-4H;1,3H;;;;/q;;;;;;;2*+1;-1. The second-order valence-corrected chi connectivity index (χ2v) is 25.6. The van der Waals surface area contributed by atoms with Gasteiger partial charge in [-0.15, -0.1) is 0 Å². The number of nitrogens with one attached hydrogen (secondary N) is 4. The molecule has 4 saturated heterocycles. The van der Waals surface area contributed by atoms with Gasteiger partial charge in [0.25, 0.3) is 12.2 Å². The molecule has 33 heteroatoms. The minimum atomic E-state index is -0.996.